The molecule has 0 fully saturated rings. The first kappa shape index (κ1) is 19.7. The van der Waals surface area contributed by atoms with Gasteiger partial charge in [-0.2, -0.15) is 0 Å². The second-order valence-electron chi connectivity index (χ2n) is 7.54. The van der Waals surface area contributed by atoms with E-state index in [4.69, 9.17) is 9.47 Å². The maximum absolute atomic E-state index is 14.6. The van der Waals surface area contributed by atoms with Crippen LogP contribution in [0.4, 0.5) is 14.9 Å². The second kappa shape index (κ2) is 7.50. The van der Waals surface area contributed by atoms with Crippen LogP contribution in [-0.2, 0) is 11.2 Å². The Morgan fingerprint density at radius 1 is 1.26 bits per heavy atom. The highest BCUT2D eigenvalue weighted by molar-refractivity contribution is 9.10. The molecule has 2 aromatic carbocycles. The molecule has 0 aromatic heterocycles. The van der Waals surface area contributed by atoms with Crippen molar-refractivity contribution in [3.63, 3.8) is 0 Å². The molecular formula is C21H23BrFNO3. The van der Waals surface area contributed by atoms with Crippen LogP contribution in [0.3, 0.4) is 0 Å². The van der Waals surface area contributed by atoms with Crippen molar-refractivity contribution in [2.75, 3.05) is 12.0 Å². The highest BCUT2D eigenvalue weighted by Gasteiger charge is 2.38. The third-order valence-corrected chi connectivity index (χ3v) is 4.89. The molecule has 3 rings (SSSR count). The molecule has 0 radical (unpaired) electrons. The number of anilines is 1. The van der Waals surface area contributed by atoms with Crippen molar-refractivity contribution >= 4 is 27.7 Å². The Bertz CT molecular complexity index is 846. The number of carbonyl (C=O) groups excluding carboxylic acids is 1. The summed E-state index contributed by atoms with van der Waals surface area (Å²) in [4.78, 5) is 14.7. The third kappa shape index (κ3) is 4.10. The normalized spacial score (nSPS) is 16.7. The number of methoxy groups -OCH3 is 1. The lowest BCUT2D eigenvalue weighted by Crippen LogP contribution is -2.42. The van der Waals surface area contributed by atoms with Crippen LogP contribution in [-0.4, -0.2) is 18.8 Å². The van der Waals surface area contributed by atoms with Crippen molar-refractivity contribution in [1.82, 2.24) is 0 Å². The molecule has 1 aliphatic heterocycles. The molecule has 1 amide bonds. The van der Waals surface area contributed by atoms with E-state index in [1.807, 2.05) is 26.8 Å². The zero-order valence-corrected chi connectivity index (χ0v) is 17.5. The van der Waals surface area contributed by atoms with E-state index < -0.39 is 17.7 Å². The van der Waals surface area contributed by atoms with E-state index in [2.05, 4.69) is 15.9 Å². The number of halogens is 2. The molecule has 0 saturated carbocycles. The highest BCUT2D eigenvalue weighted by atomic mass is 79.9. The Morgan fingerprint density at radius 2 is 1.96 bits per heavy atom. The number of amides is 1. The molecule has 0 spiro atoms. The number of rotatable bonds is 2. The van der Waals surface area contributed by atoms with Crippen molar-refractivity contribution in [2.45, 2.75) is 45.3 Å². The maximum Gasteiger partial charge on any atom is 0.415 e. The fourth-order valence-corrected chi connectivity index (χ4v) is 3.88. The zero-order valence-electron chi connectivity index (χ0n) is 15.9. The van der Waals surface area contributed by atoms with Crippen LogP contribution < -0.4 is 9.64 Å². The number of carbonyl (C=O) groups is 1. The minimum atomic E-state index is -0.670. The van der Waals surface area contributed by atoms with Crippen LogP contribution >= 0.6 is 15.9 Å². The summed E-state index contributed by atoms with van der Waals surface area (Å²) in [7, 11) is 1.56. The van der Waals surface area contributed by atoms with Crippen molar-refractivity contribution < 1.29 is 18.7 Å². The van der Waals surface area contributed by atoms with Gasteiger partial charge in [0.05, 0.1) is 18.8 Å². The van der Waals surface area contributed by atoms with Crippen LogP contribution in [0.2, 0.25) is 0 Å². The fourth-order valence-electron chi connectivity index (χ4n) is 3.39. The van der Waals surface area contributed by atoms with E-state index >= 15 is 0 Å². The molecule has 0 saturated heterocycles. The SMILES string of the molecule is COc1cc(Br)cc2c1N(C(=O)OC(C)(C)C)C(c1ccccc1F)CC2. The number of ether oxygens (including phenoxy) is 2. The van der Waals surface area contributed by atoms with Crippen molar-refractivity contribution in [2.24, 2.45) is 0 Å². The number of nitrogens with zero attached hydrogens (tertiary/aromatic N) is 1. The molecule has 4 nitrogen and oxygen atoms in total. The summed E-state index contributed by atoms with van der Waals surface area (Å²) in [5, 5.41) is 0. The molecule has 0 N–H and O–H groups in total. The van der Waals surface area contributed by atoms with Crippen molar-refractivity contribution in [3.05, 3.63) is 57.8 Å². The Balaban J connectivity index is 2.16. The predicted molar refractivity (Wildman–Crippen MR) is 107 cm³/mol. The van der Waals surface area contributed by atoms with Gasteiger partial charge < -0.3 is 9.47 Å². The van der Waals surface area contributed by atoms with E-state index in [9.17, 15) is 9.18 Å². The average molecular weight is 436 g/mol. The van der Waals surface area contributed by atoms with E-state index in [1.165, 1.54) is 11.0 Å². The van der Waals surface area contributed by atoms with Crippen LogP contribution in [0.15, 0.2) is 40.9 Å². The largest absolute Gasteiger partial charge is 0.495 e. The smallest absolute Gasteiger partial charge is 0.415 e. The molecule has 144 valence electrons. The molecule has 0 aliphatic carbocycles. The summed E-state index contributed by atoms with van der Waals surface area (Å²) in [6.45, 7) is 5.44. The van der Waals surface area contributed by atoms with Gasteiger partial charge in [-0.15, -0.1) is 0 Å². The Morgan fingerprint density at radius 3 is 2.59 bits per heavy atom. The molecule has 27 heavy (non-hydrogen) atoms. The number of benzene rings is 2. The van der Waals surface area contributed by atoms with Gasteiger partial charge in [0, 0.05) is 10.0 Å². The fraction of sp³-hybridized carbons (Fsp3) is 0.381. The molecule has 1 aliphatic rings. The number of hydrogen-bond donors (Lipinski definition) is 0. The minimum Gasteiger partial charge on any atom is -0.495 e. The standard InChI is InChI=1S/C21H23BrFNO3/c1-21(2,3)27-20(25)24-17(15-7-5-6-8-16(15)23)10-9-13-11-14(22)12-18(26-4)19(13)24/h5-8,11-12,17H,9-10H2,1-4H3. The molecule has 2 aromatic rings. The highest BCUT2D eigenvalue weighted by Crippen LogP contribution is 2.46. The Kier molecular flexibility index (Phi) is 5.47. The monoisotopic (exact) mass is 435 g/mol. The number of aryl methyl sites for hydroxylation is 1. The topological polar surface area (TPSA) is 38.8 Å². The predicted octanol–water partition coefficient (Wildman–Crippen LogP) is 6.03. The van der Waals surface area contributed by atoms with Gasteiger partial charge in [-0.05, 0) is 57.4 Å². The first-order valence-electron chi connectivity index (χ1n) is 8.84. The molecular weight excluding hydrogens is 413 g/mol. The molecule has 6 heteroatoms. The maximum atomic E-state index is 14.6. The van der Waals surface area contributed by atoms with Gasteiger partial charge in [0.1, 0.15) is 17.2 Å². The molecule has 0 bridgehead atoms. The lowest BCUT2D eigenvalue weighted by Gasteiger charge is -2.39. The quantitative estimate of drug-likeness (QED) is 0.578. The molecule has 1 unspecified atom stereocenters. The van der Waals surface area contributed by atoms with Crippen LogP contribution in [0.25, 0.3) is 0 Å². The zero-order chi connectivity index (χ0) is 19.8. The lowest BCUT2D eigenvalue weighted by atomic mass is 9.91. The summed E-state index contributed by atoms with van der Waals surface area (Å²) in [6.07, 6.45) is 0.772. The van der Waals surface area contributed by atoms with E-state index in [0.29, 0.717) is 29.8 Å². The van der Waals surface area contributed by atoms with E-state index in [1.54, 1.807) is 31.4 Å². The second-order valence-corrected chi connectivity index (χ2v) is 8.46. The summed E-state index contributed by atoms with van der Waals surface area (Å²) >= 11 is 3.48. The van der Waals surface area contributed by atoms with Gasteiger partial charge in [0.2, 0.25) is 0 Å². The van der Waals surface area contributed by atoms with E-state index in [-0.39, 0.29) is 5.82 Å². The lowest BCUT2D eigenvalue weighted by molar-refractivity contribution is 0.0558. The number of hydrogen-bond acceptors (Lipinski definition) is 3. The van der Waals surface area contributed by atoms with Gasteiger partial charge in [0.25, 0.3) is 0 Å². The van der Waals surface area contributed by atoms with Gasteiger partial charge in [-0.3, -0.25) is 4.90 Å². The van der Waals surface area contributed by atoms with E-state index in [0.717, 1.165) is 10.0 Å². The Labute approximate surface area is 167 Å². The van der Waals surface area contributed by atoms with Gasteiger partial charge >= 0.3 is 6.09 Å². The van der Waals surface area contributed by atoms with Crippen LogP contribution in [0, 0.1) is 5.82 Å². The summed E-state index contributed by atoms with van der Waals surface area (Å²) in [5.74, 6) is 0.210. The summed E-state index contributed by atoms with van der Waals surface area (Å²) in [5.41, 5.74) is 1.39. The third-order valence-electron chi connectivity index (χ3n) is 4.43. The average Bonchev–Trinajstić information content (AvgIpc) is 2.59. The van der Waals surface area contributed by atoms with Gasteiger partial charge in [0.15, 0.2) is 0 Å². The summed E-state index contributed by atoms with van der Waals surface area (Å²) in [6, 6.07) is 9.85. The first-order valence-corrected chi connectivity index (χ1v) is 9.63. The summed E-state index contributed by atoms with van der Waals surface area (Å²) < 4.78 is 26.6. The molecule has 1 heterocycles. The molecule has 1 atom stereocenters. The van der Waals surface area contributed by atoms with Crippen molar-refractivity contribution in [3.8, 4) is 5.75 Å². The number of fused-ring (bicyclic) bond motifs is 1. The van der Waals surface area contributed by atoms with Crippen LogP contribution in [0.5, 0.6) is 5.75 Å². The Hall–Kier alpha value is -2.08. The minimum absolute atomic E-state index is 0.337. The van der Waals surface area contributed by atoms with Crippen LogP contribution in [0.1, 0.15) is 44.4 Å². The first-order chi connectivity index (χ1) is 12.7. The van der Waals surface area contributed by atoms with Gasteiger partial charge in [-0.25, -0.2) is 9.18 Å². The van der Waals surface area contributed by atoms with Gasteiger partial charge in [-0.1, -0.05) is 34.1 Å². The van der Waals surface area contributed by atoms with Crippen molar-refractivity contribution in [1.29, 1.82) is 0 Å².